The second kappa shape index (κ2) is 2.34. The largest absolute Gasteiger partial charge is 0.388 e. The molecule has 0 amide bonds. The summed E-state index contributed by atoms with van der Waals surface area (Å²) in [6.07, 6.45) is 0.856. The summed E-state index contributed by atoms with van der Waals surface area (Å²) in [7, 11) is 0.609. The lowest BCUT2D eigenvalue weighted by Crippen LogP contribution is -1.95. The number of rotatable bonds is 0. The highest BCUT2D eigenvalue weighted by molar-refractivity contribution is 7.48. The number of hydrogen-bond donors (Lipinski definition) is 1. The van der Waals surface area contributed by atoms with Crippen molar-refractivity contribution < 1.29 is 5.11 Å². The molecule has 1 N–H and O–H groups in total. The zero-order valence-electron chi connectivity index (χ0n) is 5.54. The lowest BCUT2D eigenvalue weighted by atomic mass is 10.2. The van der Waals surface area contributed by atoms with Gasteiger partial charge in [0.15, 0.2) is 0 Å². The van der Waals surface area contributed by atoms with Gasteiger partial charge in [-0.3, -0.25) is 0 Å². The Labute approximate surface area is 61.9 Å². The predicted molar refractivity (Wildman–Crippen MR) is 44.1 cm³/mol. The average Bonchev–Trinajstić information content (AvgIpc) is 2.27. The first kappa shape index (κ1) is 6.33. The van der Waals surface area contributed by atoms with Crippen molar-refractivity contribution in [1.82, 2.24) is 0 Å². The Morgan fingerprint density at radius 1 is 1.40 bits per heavy atom. The first-order chi connectivity index (χ1) is 4.86. The van der Waals surface area contributed by atoms with Crippen molar-refractivity contribution >= 4 is 13.9 Å². The zero-order chi connectivity index (χ0) is 6.97. The van der Waals surface area contributed by atoms with E-state index in [1.54, 1.807) is 0 Å². The fourth-order valence-electron chi connectivity index (χ4n) is 1.28. The van der Waals surface area contributed by atoms with Crippen LogP contribution in [-0.2, 0) is 6.42 Å². The van der Waals surface area contributed by atoms with Crippen LogP contribution in [0.2, 0.25) is 0 Å². The van der Waals surface area contributed by atoms with Crippen LogP contribution in [0.15, 0.2) is 24.3 Å². The van der Waals surface area contributed by atoms with Gasteiger partial charge in [-0.25, -0.2) is 0 Å². The van der Waals surface area contributed by atoms with E-state index in [-0.39, 0.29) is 5.85 Å². The highest BCUT2D eigenvalue weighted by atomic mass is 31.1. The van der Waals surface area contributed by atoms with E-state index in [0.29, 0.717) is 8.58 Å². The van der Waals surface area contributed by atoms with Crippen LogP contribution in [0.5, 0.6) is 0 Å². The van der Waals surface area contributed by atoms with Crippen molar-refractivity contribution in [3.05, 3.63) is 29.8 Å². The molecule has 2 unspecified atom stereocenters. The maximum absolute atomic E-state index is 9.26. The highest BCUT2D eigenvalue weighted by Crippen LogP contribution is 2.28. The molecule has 52 valence electrons. The minimum absolute atomic E-state index is 0.0996. The number of fused-ring (bicyclic) bond motifs is 1. The van der Waals surface area contributed by atoms with Crippen LogP contribution < -0.4 is 5.30 Å². The SMILES string of the molecule is OC1Cc2ccccc2P1. The molecule has 1 nitrogen and oxygen atoms in total. The van der Waals surface area contributed by atoms with E-state index >= 15 is 0 Å². The third kappa shape index (κ3) is 0.960. The molecule has 1 aromatic rings. The Morgan fingerprint density at radius 2 is 2.20 bits per heavy atom. The molecule has 0 radical (unpaired) electrons. The maximum atomic E-state index is 9.26. The van der Waals surface area contributed by atoms with Crippen LogP contribution in [0.25, 0.3) is 0 Å². The van der Waals surface area contributed by atoms with E-state index in [9.17, 15) is 5.11 Å². The molecule has 2 rings (SSSR count). The lowest BCUT2D eigenvalue weighted by molar-refractivity contribution is 0.265. The van der Waals surface area contributed by atoms with Gasteiger partial charge in [-0.05, 0) is 10.9 Å². The van der Waals surface area contributed by atoms with Gasteiger partial charge in [0.2, 0.25) is 0 Å². The molecule has 2 heteroatoms. The Balaban J connectivity index is 2.42. The highest BCUT2D eigenvalue weighted by Gasteiger charge is 2.17. The van der Waals surface area contributed by atoms with E-state index < -0.39 is 0 Å². The molecule has 0 aromatic heterocycles. The molecule has 0 saturated heterocycles. The monoisotopic (exact) mass is 152 g/mol. The van der Waals surface area contributed by atoms with Gasteiger partial charge >= 0.3 is 0 Å². The smallest absolute Gasteiger partial charge is 0.0784 e. The third-order valence-corrected chi connectivity index (χ3v) is 3.09. The molecule has 0 bridgehead atoms. The van der Waals surface area contributed by atoms with Gasteiger partial charge in [0.05, 0.1) is 5.85 Å². The zero-order valence-corrected chi connectivity index (χ0v) is 6.54. The lowest BCUT2D eigenvalue weighted by Gasteiger charge is -1.93. The van der Waals surface area contributed by atoms with Crippen molar-refractivity contribution in [3.63, 3.8) is 0 Å². The summed E-state index contributed by atoms with van der Waals surface area (Å²) in [5.41, 5.74) is 1.33. The van der Waals surface area contributed by atoms with E-state index in [1.807, 2.05) is 12.1 Å². The fraction of sp³-hybridized carbons (Fsp3) is 0.250. The van der Waals surface area contributed by atoms with Gasteiger partial charge in [0.25, 0.3) is 0 Å². The summed E-state index contributed by atoms with van der Waals surface area (Å²) in [5, 5.41) is 10.6. The van der Waals surface area contributed by atoms with Gasteiger partial charge in [0.1, 0.15) is 0 Å². The Morgan fingerprint density at radius 3 is 3.00 bits per heavy atom. The van der Waals surface area contributed by atoms with Gasteiger partial charge in [-0.2, -0.15) is 0 Å². The van der Waals surface area contributed by atoms with Gasteiger partial charge < -0.3 is 5.11 Å². The van der Waals surface area contributed by atoms with Gasteiger partial charge in [0, 0.05) is 6.42 Å². The van der Waals surface area contributed by atoms with Gasteiger partial charge in [-0.15, -0.1) is 0 Å². The molecule has 2 atom stereocenters. The molecular weight excluding hydrogens is 143 g/mol. The number of benzene rings is 1. The molecular formula is C8H9OP. The number of aliphatic hydroxyl groups is 1. The molecule has 1 aromatic carbocycles. The maximum Gasteiger partial charge on any atom is 0.0784 e. The van der Waals surface area contributed by atoms with E-state index in [2.05, 4.69) is 12.1 Å². The molecule has 0 fully saturated rings. The standard InChI is InChI=1S/C8H9OP/c9-8-5-6-3-1-2-4-7(6)10-8/h1-4,8-10H,5H2. The van der Waals surface area contributed by atoms with Crippen molar-refractivity contribution in [2.24, 2.45) is 0 Å². The average molecular weight is 152 g/mol. The normalized spacial score (nSPS) is 25.1. The van der Waals surface area contributed by atoms with Crippen LogP contribution in [-0.4, -0.2) is 11.0 Å². The van der Waals surface area contributed by atoms with Crippen molar-refractivity contribution in [2.75, 3.05) is 0 Å². The molecule has 10 heavy (non-hydrogen) atoms. The van der Waals surface area contributed by atoms with Crippen molar-refractivity contribution in [1.29, 1.82) is 0 Å². The van der Waals surface area contributed by atoms with E-state index in [0.717, 1.165) is 6.42 Å². The quantitative estimate of drug-likeness (QED) is 0.547. The topological polar surface area (TPSA) is 20.2 Å². The number of hydrogen-bond acceptors (Lipinski definition) is 1. The van der Waals surface area contributed by atoms with Crippen LogP contribution in [0.1, 0.15) is 5.56 Å². The minimum Gasteiger partial charge on any atom is -0.388 e. The molecule has 1 heterocycles. The van der Waals surface area contributed by atoms with Crippen molar-refractivity contribution in [3.8, 4) is 0 Å². The Hall–Kier alpha value is -0.390. The van der Waals surface area contributed by atoms with Crippen molar-refractivity contribution in [2.45, 2.75) is 12.3 Å². The summed E-state index contributed by atoms with van der Waals surface area (Å²) < 4.78 is 0. The fourth-order valence-corrected chi connectivity index (χ4v) is 2.52. The third-order valence-electron chi connectivity index (χ3n) is 1.75. The van der Waals surface area contributed by atoms with Crippen LogP contribution in [0.3, 0.4) is 0 Å². The van der Waals surface area contributed by atoms with Crippen LogP contribution in [0, 0.1) is 0 Å². The van der Waals surface area contributed by atoms with E-state index in [1.165, 1.54) is 10.9 Å². The summed E-state index contributed by atoms with van der Waals surface area (Å²) in [6.45, 7) is 0. The van der Waals surface area contributed by atoms with Gasteiger partial charge in [-0.1, -0.05) is 32.8 Å². The first-order valence-electron chi connectivity index (χ1n) is 3.39. The van der Waals surface area contributed by atoms with E-state index in [4.69, 9.17) is 0 Å². The first-order valence-corrected chi connectivity index (χ1v) is 4.46. The Bertz CT molecular complexity index is 222. The predicted octanol–water partition coefficient (Wildman–Crippen LogP) is 0.865. The second-order valence-electron chi connectivity index (χ2n) is 2.52. The van der Waals surface area contributed by atoms with Crippen LogP contribution >= 0.6 is 8.58 Å². The minimum atomic E-state index is -0.0996. The molecule has 1 aliphatic rings. The van der Waals surface area contributed by atoms with Crippen LogP contribution in [0.4, 0.5) is 0 Å². The Kier molecular flexibility index (Phi) is 1.48. The number of aliphatic hydroxyl groups excluding tert-OH is 1. The molecule has 1 aliphatic heterocycles. The molecule has 0 aliphatic carbocycles. The summed E-state index contributed by atoms with van der Waals surface area (Å²) >= 11 is 0. The summed E-state index contributed by atoms with van der Waals surface area (Å²) in [5.74, 6) is -0.0996. The summed E-state index contributed by atoms with van der Waals surface area (Å²) in [4.78, 5) is 0. The molecule has 0 saturated carbocycles. The summed E-state index contributed by atoms with van der Waals surface area (Å²) in [6, 6.07) is 8.26. The molecule has 0 spiro atoms. The second-order valence-corrected chi connectivity index (χ2v) is 4.02.